The van der Waals surface area contributed by atoms with Crippen LogP contribution in [0, 0.1) is 0 Å². The third-order valence-corrected chi connectivity index (χ3v) is 3.44. The Bertz CT molecular complexity index is 682. The summed E-state index contributed by atoms with van der Waals surface area (Å²) in [6.07, 6.45) is -0.488. The van der Waals surface area contributed by atoms with Gasteiger partial charge in [0.25, 0.3) is 0 Å². The van der Waals surface area contributed by atoms with Crippen LogP contribution in [0.5, 0.6) is 0 Å². The summed E-state index contributed by atoms with van der Waals surface area (Å²) in [6.45, 7) is 1.95. The Morgan fingerprint density at radius 2 is 1.83 bits per heavy atom. The van der Waals surface area contributed by atoms with Gasteiger partial charge >= 0.3 is 12.2 Å². The first kappa shape index (κ1) is 16.6. The molecule has 0 bridgehead atoms. The third-order valence-electron chi connectivity index (χ3n) is 3.44. The van der Waals surface area contributed by atoms with Gasteiger partial charge in [-0.05, 0) is 17.9 Å². The van der Waals surface area contributed by atoms with Gasteiger partial charge in [-0.1, -0.05) is 43.3 Å². The van der Waals surface area contributed by atoms with Gasteiger partial charge in [-0.3, -0.25) is 5.32 Å². The van der Waals surface area contributed by atoms with Crippen LogP contribution in [0.4, 0.5) is 15.3 Å². The summed E-state index contributed by atoms with van der Waals surface area (Å²) >= 11 is 0. The normalized spacial score (nSPS) is 11.6. The average Bonchev–Trinajstić information content (AvgIpc) is 2.58. The number of fused-ring (bicyclic) bond motifs is 1. The number of carbonyl (C=O) groups excluding carboxylic acids is 2. The molecule has 0 radical (unpaired) electrons. The molecule has 0 saturated carbocycles. The van der Waals surface area contributed by atoms with Crippen LogP contribution >= 0.6 is 0 Å². The molecule has 0 fully saturated rings. The van der Waals surface area contributed by atoms with Crippen molar-refractivity contribution in [1.82, 2.24) is 5.32 Å². The molecule has 2 aromatic carbocycles. The first-order chi connectivity index (χ1) is 11.1. The number of amides is 2. The number of methoxy groups -OCH3 is 1. The molecular formula is C17H20N2O4. The quantitative estimate of drug-likeness (QED) is 0.885. The smallest absolute Gasteiger partial charge is 0.411 e. The van der Waals surface area contributed by atoms with E-state index in [0.29, 0.717) is 12.1 Å². The molecule has 0 aliphatic carbocycles. The number of hydrogen-bond acceptors (Lipinski definition) is 4. The van der Waals surface area contributed by atoms with E-state index in [1.54, 1.807) is 0 Å². The number of anilines is 1. The molecular weight excluding hydrogens is 296 g/mol. The zero-order valence-electron chi connectivity index (χ0n) is 13.2. The van der Waals surface area contributed by atoms with Crippen molar-refractivity contribution in [2.45, 2.75) is 19.4 Å². The number of hydrogen-bond donors (Lipinski definition) is 2. The second-order valence-electron chi connectivity index (χ2n) is 4.99. The monoisotopic (exact) mass is 316 g/mol. The summed E-state index contributed by atoms with van der Waals surface area (Å²) in [5, 5.41) is 7.29. The first-order valence-electron chi connectivity index (χ1n) is 7.40. The third kappa shape index (κ3) is 4.60. The van der Waals surface area contributed by atoms with Crippen LogP contribution in [0.15, 0.2) is 42.5 Å². The van der Waals surface area contributed by atoms with E-state index in [1.165, 1.54) is 7.11 Å². The van der Waals surface area contributed by atoms with E-state index in [2.05, 4.69) is 15.4 Å². The lowest BCUT2D eigenvalue weighted by Gasteiger charge is -2.16. The van der Waals surface area contributed by atoms with Crippen LogP contribution in [0.1, 0.15) is 13.3 Å². The van der Waals surface area contributed by atoms with E-state index in [0.717, 1.165) is 10.8 Å². The van der Waals surface area contributed by atoms with Gasteiger partial charge in [0.2, 0.25) is 0 Å². The Hall–Kier alpha value is -2.76. The second-order valence-corrected chi connectivity index (χ2v) is 4.99. The number of nitrogens with one attached hydrogen (secondary N) is 2. The SMILES string of the molecule is CCC(COC(=O)Nc1cccc2ccccc12)NC(=O)OC. The van der Waals surface area contributed by atoms with Gasteiger partial charge in [-0.25, -0.2) is 9.59 Å². The van der Waals surface area contributed by atoms with Gasteiger partial charge in [0, 0.05) is 5.39 Å². The number of benzene rings is 2. The highest BCUT2D eigenvalue weighted by Crippen LogP contribution is 2.22. The maximum Gasteiger partial charge on any atom is 0.411 e. The lowest BCUT2D eigenvalue weighted by molar-refractivity contribution is 0.135. The molecule has 6 heteroatoms. The Morgan fingerprint density at radius 1 is 1.09 bits per heavy atom. The fourth-order valence-electron chi connectivity index (χ4n) is 2.14. The van der Waals surface area contributed by atoms with Crippen LogP contribution in [0.3, 0.4) is 0 Å². The second kappa shape index (κ2) is 8.03. The summed E-state index contributed by atoms with van der Waals surface area (Å²) in [5.74, 6) is 0. The van der Waals surface area contributed by atoms with E-state index in [4.69, 9.17) is 4.74 Å². The fourth-order valence-corrected chi connectivity index (χ4v) is 2.14. The molecule has 23 heavy (non-hydrogen) atoms. The topological polar surface area (TPSA) is 76.7 Å². The molecule has 0 aliphatic heterocycles. The van der Waals surface area contributed by atoms with Gasteiger partial charge in [0.05, 0.1) is 18.8 Å². The van der Waals surface area contributed by atoms with E-state index >= 15 is 0 Å². The van der Waals surface area contributed by atoms with Crippen molar-refractivity contribution in [1.29, 1.82) is 0 Å². The Morgan fingerprint density at radius 3 is 2.57 bits per heavy atom. The molecule has 2 rings (SSSR count). The molecule has 1 unspecified atom stereocenters. The molecule has 0 aromatic heterocycles. The van der Waals surface area contributed by atoms with E-state index in [1.807, 2.05) is 49.4 Å². The van der Waals surface area contributed by atoms with Crippen molar-refractivity contribution < 1.29 is 19.1 Å². The van der Waals surface area contributed by atoms with Crippen molar-refractivity contribution in [3.8, 4) is 0 Å². The Kier molecular flexibility index (Phi) is 5.80. The predicted octanol–water partition coefficient (Wildman–Crippen LogP) is 3.52. The number of ether oxygens (including phenoxy) is 2. The lowest BCUT2D eigenvalue weighted by Crippen LogP contribution is -2.38. The molecule has 0 saturated heterocycles. The first-order valence-corrected chi connectivity index (χ1v) is 7.40. The summed E-state index contributed by atoms with van der Waals surface area (Å²) in [4.78, 5) is 23.1. The Balaban J connectivity index is 1.95. The summed E-state index contributed by atoms with van der Waals surface area (Å²) < 4.78 is 9.70. The number of rotatable bonds is 5. The van der Waals surface area contributed by atoms with Gasteiger partial charge in [-0.2, -0.15) is 0 Å². The summed E-state index contributed by atoms with van der Waals surface area (Å²) in [5.41, 5.74) is 0.682. The lowest BCUT2D eigenvalue weighted by atomic mass is 10.1. The maximum atomic E-state index is 12.0. The summed E-state index contributed by atoms with van der Waals surface area (Å²) in [6, 6.07) is 13.1. The van der Waals surface area contributed by atoms with E-state index in [-0.39, 0.29) is 12.6 Å². The molecule has 0 heterocycles. The molecule has 2 N–H and O–H groups in total. The average molecular weight is 316 g/mol. The van der Waals surface area contributed by atoms with E-state index < -0.39 is 12.2 Å². The number of alkyl carbamates (subject to hydrolysis) is 1. The van der Waals surface area contributed by atoms with Gasteiger partial charge in [0.1, 0.15) is 6.61 Å². The van der Waals surface area contributed by atoms with Gasteiger partial charge < -0.3 is 14.8 Å². The van der Waals surface area contributed by atoms with Crippen molar-refractivity contribution in [2.24, 2.45) is 0 Å². The van der Waals surface area contributed by atoms with Gasteiger partial charge in [0.15, 0.2) is 0 Å². The molecule has 2 amide bonds. The van der Waals surface area contributed by atoms with Crippen molar-refractivity contribution in [3.05, 3.63) is 42.5 Å². The van der Waals surface area contributed by atoms with Crippen molar-refractivity contribution in [3.63, 3.8) is 0 Å². The summed E-state index contributed by atoms with van der Waals surface area (Å²) in [7, 11) is 1.29. The molecule has 0 spiro atoms. The van der Waals surface area contributed by atoms with Crippen LogP contribution in [-0.2, 0) is 9.47 Å². The zero-order valence-corrected chi connectivity index (χ0v) is 13.2. The predicted molar refractivity (Wildman–Crippen MR) is 88.5 cm³/mol. The van der Waals surface area contributed by atoms with E-state index in [9.17, 15) is 9.59 Å². The van der Waals surface area contributed by atoms with Crippen LogP contribution < -0.4 is 10.6 Å². The molecule has 6 nitrogen and oxygen atoms in total. The minimum Gasteiger partial charge on any atom is -0.453 e. The molecule has 2 aromatic rings. The molecule has 1 atom stereocenters. The fraction of sp³-hybridized carbons (Fsp3) is 0.294. The van der Waals surface area contributed by atoms with Crippen molar-refractivity contribution in [2.75, 3.05) is 19.0 Å². The Labute approximate surface area is 134 Å². The highest BCUT2D eigenvalue weighted by molar-refractivity contribution is 6.00. The minimum atomic E-state index is -0.563. The minimum absolute atomic E-state index is 0.0716. The van der Waals surface area contributed by atoms with Crippen LogP contribution in [0.25, 0.3) is 10.8 Å². The zero-order chi connectivity index (χ0) is 16.7. The highest BCUT2D eigenvalue weighted by Gasteiger charge is 2.13. The number of carbonyl (C=O) groups is 2. The largest absolute Gasteiger partial charge is 0.453 e. The standard InChI is InChI=1S/C17H20N2O4/c1-3-13(18-16(20)22-2)11-23-17(21)19-15-10-6-8-12-7-4-5-9-14(12)15/h4-10,13H,3,11H2,1-2H3,(H,18,20)(H,19,21). The highest BCUT2D eigenvalue weighted by atomic mass is 16.6. The maximum absolute atomic E-state index is 12.0. The van der Waals surface area contributed by atoms with Crippen LogP contribution in [-0.4, -0.2) is 31.9 Å². The van der Waals surface area contributed by atoms with Crippen molar-refractivity contribution >= 4 is 28.6 Å². The van der Waals surface area contributed by atoms with Crippen LogP contribution in [0.2, 0.25) is 0 Å². The molecule has 122 valence electrons. The van der Waals surface area contributed by atoms with Gasteiger partial charge in [-0.15, -0.1) is 0 Å². The molecule has 0 aliphatic rings.